The lowest BCUT2D eigenvalue weighted by molar-refractivity contribution is 0.0431. The van der Waals surface area contributed by atoms with Gasteiger partial charge < -0.3 is 19.9 Å². The molecule has 0 aliphatic rings. The van der Waals surface area contributed by atoms with E-state index >= 15 is 0 Å². The number of methoxy groups -OCH3 is 3. The number of nitrogens with two attached hydrogens (primary N) is 1. The van der Waals surface area contributed by atoms with Gasteiger partial charge in [-0.15, -0.1) is 0 Å². The standard InChI is InChI=1S/C14H23NO3/c1-9(2)14(18-5)13(15)11-7-6-10(16-3)8-12(11)17-4/h6-9,13-14H,15H2,1-5H3. The summed E-state index contributed by atoms with van der Waals surface area (Å²) in [7, 11) is 4.93. The lowest BCUT2D eigenvalue weighted by Gasteiger charge is -2.27. The van der Waals surface area contributed by atoms with Crippen molar-refractivity contribution < 1.29 is 14.2 Å². The van der Waals surface area contributed by atoms with Gasteiger partial charge in [-0.25, -0.2) is 0 Å². The van der Waals surface area contributed by atoms with Crippen LogP contribution in [-0.4, -0.2) is 27.4 Å². The van der Waals surface area contributed by atoms with E-state index < -0.39 is 0 Å². The Hall–Kier alpha value is -1.26. The number of rotatable bonds is 6. The maximum Gasteiger partial charge on any atom is 0.127 e. The van der Waals surface area contributed by atoms with Crippen LogP contribution >= 0.6 is 0 Å². The molecule has 0 fully saturated rings. The second-order valence-electron chi connectivity index (χ2n) is 4.58. The Morgan fingerprint density at radius 1 is 1.06 bits per heavy atom. The highest BCUT2D eigenvalue weighted by molar-refractivity contribution is 5.42. The van der Waals surface area contributed by atoms with Crippen LogP contribution in [0.4, 0.5) is 0 Å². The van der Waals surface area contributed by atoms with Gasteiger partial charge in [0.1, 0.15) is 11.5 Å². The fourth-order valence-corrected chi connectivity index (χ4v) is 2.10. The van der Waals surface area contributed by atoms with Crippen LogP contribution in [0.3, 0.4) is 0 Å². The smallest absolute Gasteiger partial charge is 0.127 e. The Morgan fingerprint density at radius 3 is 2.17 bits per heavy atom. The molecule has 1 aromatic rings. The zero-order valence-electron chi connectivity index (χ0n) is 11.8. The van der Waals surface area contributed by atoms with Crippen LogP contribution in [0.15, 0.2) is 18.2 Å². The molecule has 0 radical (unpaired) electrons. The van der Waals surface area contributed by atoms with Gasteiger partial charge in [0.2, 0.25) is 0 Å². The third kappa shape index (κ3) is 3.15. The molecule has 0 aliphatic carbocycles. The topological polar surface area (TPSA) is 53.7 Å². The van der Waals surface area contributed by atoms with Gasteiger partial charge in [0.05, 0.1) is 26.4 Å². The first kappa shape index (κ1) is 14.8. The molecule has 0 aliphatic heterocycles. The molecule has 0 bridgehead atoms. The minimum absolute atomic E-state index is 0.0488. The first-order valence-corrected chi connectivity index (χ1v) is 6.05. The lowest BCUT2D eigenvalue weighted by atomic mass is 9.93. The van der Waals surface area contributed by atoms with Crippen molar-refractivity contribution in [1.82, 2.24) is 0 Å². The number of benzene rings is 1. The average Bonchev–Trinajstić information content (AvgIpc) is 2.38. The van der Waals surface area contributed by atoms with Crippen LogP contribution in [-0.2, 0) is 4.74 Å². The van der Waals surface area contributed by atoms with Crippen molar-refractivity contribution in [1.29, 1.82) is 0 Å². The fourth-order valence-electron chi connectivity index (χ4n) is 2.10. The van der Waals surface area contributed by atoms with Crippen LogP contribution in [0.5, 0.6) is 11.5 Å². The summed E-state index contributed by atoms with van der Waals surface area (Å²) in [5, 5.41) is 0. The third-order valence-electron chi connectivity index (χ3n) is 3.08. The third-order valence-corrected chi connectivity index (χ3v) is 3.08. The van der Waals surface area contributed by atoms with Crippen molar-refractivity contribution in [2.45, 2.75) is 26.0 Å². The summed E-state index contributed by atoms with van der Waals surface area (Å²) in [5.74, 6) is 1.81. The van der Waals surface area contributed by atoms with E-state index in [2.05, 4.69) is 13.8 Å². The van der Waals surface area contributed by atoms with Crippen molar-refractivity contribution in [2.75, 3.05) is 21.3 Å². The van der Waals surface area contributed by atoms with Crippen molar-refractivity contribution in [3.63, 3.8) is 0 Å². The predicted molar refractivity (Wildman–Crippen MR) is 72.1 cm³/mol. The van der Waals surface area contributed by atoms with Gasteiger partial charge in [-0.1, -0.05) is 13.8 Å². The maximum absolute atomic E-state index is 6.27. The lowest BCUT2D eigenvalue weighted by Crippen LogP contribution is -2.32. The summed E-state index contributed by atoms with van der Waals surface area (Å²) in [6.45, 7) is 4.17. The normalized spacial score (nSPS) is 14.4. The Labute approximate surface area is 109 Å². The molecule has 0 spiro atoms. The summed E-state index contributed by atoms with van der Waals surface area (Å²) < 4.78 is 16.0. The Balaban J connectivity index is 3.07. The van der Waals surface area contributed by atoms with Crippen molar-refractivity contribution >= 4 is 0 Å². The molecule has 1 aromatic carbocycles. The molecule has 18 heavy (non-hydrogen) atoms. The Kier molecular flexibility index (Phi) is 5.44. The molecule has 0 saturated heterocycles. The first-order chi connectivity index (χ1) is 8.54. The van der Waals surface area contributed by atoms with E-state index in [-0.39, 0.29) is 12.1 Å². The summed E-state index contributed by atoms with van der Waals surface area (Å²) in [6.07, 6.45) is -0.0488. The van der Waals surface area contributed by atoms with Crippen molar-refractivity contribution in [2.24, 2.45) is 11.7 Å². The summed E-state index contributed by atoms with van der Waals surface area (Å²) in [6, 6.07) is 5.42. The molecule has 2 N–H and O–H groups in total. The van der Waals surface area contributed by atoms with Crippen LogP contribution in [0, 0.1) is 5.92 Å². The van der Waals surface area contributed by atoms with Crippen LogP contribution in [0.1, 0.15) is 25.5 Å². The van der Waals surface area contributed by atoms with Gasteiger partial charge in [-0.3, -0.25) is 0 Å². The van der Waals surface area contributed by atoms with Gasteiger partial charge in [-0.2, -0.15) is 0 Å². The highest BCUT2D eigenvalue weighted by Gasteiger charge is 2.25. The molecule has 0 heterocycles. The van der Waals surface area contributed by atoms with E-state index in [0.29, 0.717) is 5.92 Å². The summed E-state index contributed by atoms with van der Waals surface area (Å²) in [5.41, 5.74) is 7.20. The van der Waals surface area contributed by atoms with Gasteiger partial charge in [0.25, 0.3) is 0 Å². The Morgan fingerprint density at radius 2 is 1.72 bits per heavy atom. The van der Waals surface area contributed by atoms with Gasteiger partial charge >= 0.3 is 0 Å². The minimum atomic E-state index is -0.226. The number of hydrogen-bond donors (Lipinski definition) is 1. The van der Waals surface area contributed by atoms with Gasteiger partial charge in [0.15, 0.2) is 0 Å². The van der Waals surface area contributed by atoms with E-state index in [1.54, 1.807) is 21.3 Å². The van der Waals surface area contributed by atoms with E-state index in [1.165, 1.54) is 0 Å². The number of ether oxygens (including phenoxy) is 3. The van der Waals surface area contributed by atoms with E-state index in [4.69, 9.17) is 19.9 Å². The zero-order chi connectivity index (χ0) is 13.7. The summed E-state index contributed by atoms with van der Waals surface area (Å²) in [4.78, 5) is 0. The quantitative estimate of drug-likeness (QED) is 0.845. The van der Waals surface area contributed by atoms with E-state index in [1.807, 2.05) is 18.2 Å². The second-order valence-corrected chi connectivity index (χ2v) is 4.58. The molecule has 0 saturated carbocycles. The molecule has 2 unspecified atom stereocenters. The highest BCUT2D eigenvalue weighted by atomic mass is 16.5. The second kappa shape index (κ2) is 6.61. The van der Waals surface area contributed by atoms with Crippen LogP contribution < -0.4 is 15.2 Å². The maximum atomic E-state index is 6.27. The van der Waals surface area contributed by atoms with Crippen molar-refractivity contribution in [3.8, 4) is 11.5 Å². The largest absolute Gasteiger partial charge is 0.497 e. The Bertz CT molecular complexity index is 379. The molecule has 0 aromatic heterocycles. The monoisotopic (exact) mass is 253 g/mol. The molecule has 0 amide bonds. The molecule has 4 heteroatoms. The number of hydrogen-bond acceptors (Lipinski definition) is 4. The molecule has 2 atom stereocenters. The molecular weight excluding hydrogens is 230 g/mol. The first-order valence-electron chi connectivity index (χ1n) is 6.05. The van der Waals surface area contributed by atoms with Gasteiger partial charge in [0, 0.05) is 18.7 Å². The molecule has 4 nitrogen and oxygen atoms in total. The summed E-state index contributed by atoms with van der Waals surface area (Å²) >= 11 is 0. The van der Waals surface area contributed by atoms with E-state index in [0.717, 1.165) is 17.1 Å². The van der Waals surface area contributed by atoms with Gasteiger partial charge in [-0.05, 0) is 18.1 Å². The van der Waals surface area contributed by atoms with Crippen LogP contribution in [0.25, 0.3) is 0 Å². The highest BCUT2D eigenvalue weighted by Crippen LogP contribution is 2.32. The SMILES string of the molecule is COc1ccc(C(N)C(OC)C(C)C)c(OC)c1. The molecular formula is C14H23NO3. The predicted octanol–water partition coefficient (Wildman–Crippen LogP) is 2.37. The fraction of sp³-hybridized carbons (Fsp3) is 0.571. The van der Waals surface area contributed by atoms with Crippen LogP contribution in [0.2, 0.25) is 0 Å². The van der Waals surface area contributed by atoms with E-state index in [9.17, 15) is 0 Å². The minimum Gasteiger partial charge on any atom is -0.497 e. The zero-order valence-corrected chi connectivity index (χ0v) is 11.8. The molecule has 102 valence electrons. The molecule has 1 rings (SSSR count). The van der Waals surface area contributed by atoms with Crippen molar-refractivity contribution in [3.05, 3.63) is 23.8 Å². The average molecular weight is 253 g/mol.